The first-order valence-electron chi connectivity index (χ1n) is 5.26. The average Bonchev–Trinajstić information content (AvgIpc) is 2.38. The van der Waals surface area contributed by atoms with Crippen molar-refractivity contribution in [3.63, 3.8) is 0 Å². The van der Waals surface area contributed by atoms with Gasteiger partial charge in [-0.25, -0.2) is 18.5 Å². The number of primary sulfonamides is 1. The van der Waals surface area contributed by atoms with Gasteiger partial charge in [-0.3, -0.25) is 0 Å². The molecule has 0 saturated carbocycles. The zero-order chi connectivity index (χ0) is 13.9. The van der Waals surface area contributed by atoms with Gasteiger partial charge in [-0.15, -0.1) is 0 Å². The topological polar surface area (TPSA) is 109 Å². The molecular formula is C12H10N4O2S. The maximum Gasteiger partial charge on any atom is 0.241 e. The number of aromatic nitrogens is 1. The highest BCUT2D eigenvalue weighted by Gasteiger charge is 2.14. The summed E-state index contributed by atoms with van der Waals surface area (Å²) in [6.07, 6.45) is 1.45. The van der Waals surface area contributed by atoms with E-state index in [1.807, 2.05) is 6.07 Å². The third-order valence-electron chi connectivity index (χ3n) is 2.33. The summed E-state index contributed by atoms with van der Waals surface area (Å²) in [5.41, 5.74) is 1.01. The fourth-order valence-electron chi connectivity index (χ4n) is 1.52. The maximum atomic E-state index is 11.4. The number of rotatable bonds is 3. The van der Waals surface area contributed by atoms with E-state index in [2.05, 4.69) is 10.3 Å². The van der Waals surface area contributed by atoms with Gasteiger partial charge in [-0.1, -0.05) is 6.07 Å². The second kappa shape index (κ2) is 5.06. The summed E-state index contributed by atoms with van der Waals surface area (Å²) in [5, 5.41) is 16.7. The van der Waals surface area contributed by atoms with Crippen LogP contribution in [0.1, 0.15) is 5.56 Å². The monoisotopic (exact) mass is 274 g/mol. The number of nitriles is 1. The Kier molecular flexibility index (Phi) is 3.46. The van der Waals surface area contributed by atoms with Crippen LogP contribution in [0.15, 0.2) is 47.5 Å². The van der Waals surface area contributed by atoms with Gasteiger partial charge in [0, 0.05) is 11.9 Å². The summed E-state index contributed by atoms with van der Waals surface area (Å²) in [6.45, 7) is 0. The molecule has 0 aliphatic heterocycles. The van der Waals surface area contributed by atoms with Crippen molar-refractivity contribution in [1.29, 1.82) is 5.26 Å². The van der Waals surface area contributed by atoms with Crippen molar-refractivity contribution in [2.24, 2.45) is 5.14 Å². The van der Waals surface area contributed by atoms with Gasteiger partial charge in [-0.2, -0.15) is 5.26 Å². The lowest BCUT2D eigenvalue weighted by molar-refractivity contribution is 0.598. The van der Waals surface area contributed by atoms with E-state index in [0.29, 0.717) is 11.3 Å². The van der Waals surface area contributed by atoms with Gasteiger partial charge in [0.2, 0.25) is 10.0 Å². The molecule has 2 aromatic rings. The standard InChI is InChI=1S/C12H10N4O2S/c13-8-9-3-1-4-10(7-9)16-12-11(19(14,17)18)5-2-6-15-12/h1-7H,(H,15,16)(H2,14,17,18). The van der Waals surface area contributed by atoms with Crippen LogP contribution in [0.2, 0.25) is 0 Å². The molecule has 0 spiro atoms. The second-order valence-electron chi connectivity index (χ2n) is 3.71. The molecule has 0 atom stereocenters. The second-order valence-corrected chi connectivity index (χ2v) is 5.24. The SMILES string of the molecule is N#Cc1cccc(Nc2ncccc2S(N)(=O)=O)c1. The number of pyridine rings is 1. The van der Waals surface area contributed by atoms with Crippen LogP contribution in [-0.4, -0.2) is 13.4 Å². The van der Waals surface area contributed by atoms with E-state index in [1.54, 1.807) is 24.3 Å². The van der Waals surface area contributed by atoms with Gasteiger partial charge >= 0.3 is 0 Å². The molecule has 0 radical (unpaired) electrons. The first-order valence-corrected chi connectivity index (χ1v) is 6.80. The van der Waals surface area contributed by atoms with Crippen molar-refractivity contribution in [3.8, 4) is 6.07 Å². The molecule has 2 rings (SSSR count). The van der Waals surface area contributed by atoms with Gasteiger partial charge < -0.3 is 5.32 Å². The van der Waals surface area contributed by atoms with E-state index in [9.17, 15) is 8.42 Å². The molecule has 1 aromatic heterocycles. The van der Waals surface area contributed by atoms with Crippen LogP contribution in [0, 0.1) is 11.3 Å². The van der Waals surface area contributed by atoms with E-state index < -0.39 is 10.0 Å². The molecule has 0 saturated heterocycles. The predicted molar refractivity (Wildman–Crippen MR) is 70.0 cm³/mol. The molecular weight excluding hydrogens is 264 g/mol. The van der Waals surface area contributed by atoms with Gasteiger partial charge in [0.25, 0.3) is 0 Å². The Morgan fingerprint density at radius 3 is 2.74 bits per heavy atom. The fraction of sp³-hybridized carbons (Fsp3) is 0. The van der Waals surface area contributed by atoms with Crippen molar-refractivity contribution >= 4 is 21.5 Å². The molecule has 0 aliphatic carbocycles. The lowest BCUT2D eigenvalue weighted by Gasteiger charge is -2.09. The van der Waals surface area contributed by atoms with E-state index in [1.165, 1.54) is 18.3 Å². The van der Waals surface area contributed by atoms with Gasteiger partial charge in [0.15, 0.2) is 5.82 Å². The lowest BCUT2D eigenvalue weighted by atomic mass is 10.2. The van der Waals surface area contributed by atoms with E-state index in [-0.39, 0.29) is 10.7 Å². The first-order chi connectivity index (χ1) is 9.00. The molecule has 0 fully saturated rings. The summed E-state index contributed by atoms with van der Waals surface area (Å²) >= 11 is 0. The molecule has 3 N–H and O–H groups in total. The van der Waals surface area contributed by atoms with Crippen LogP contribution < -0.4 is 10.5 Å². The van der Waals surface area contributed by atoms with Gasteiger partial charge in [-0.05, 0) is 30.3 Å². The summed E-state index contributed by atoms with van der Waals surface area (Å²) in [7, 11) is -3.86. The highest BCUT2D eigenvalue weighted by Crippen LogP contribution is 2.21. The minimum absolute atomic E-state index is 0.0997. The minimum Gasteiger partial charge on any atom is -0.339 e. The number of nitrogens with one attached hydrogen (secondary N) is 1. The number of anilines is 2. The molecule has 96 valence electrons. The molecule has 0 bridgehead atoms. The summed E-state index contributed by atoms with van der Waals surface area (Å²) in [5.74, 6) is 0.125. The number of benzene rings is 1. The summed E-state index contributed by atoms with van der Waals surface area (Å²) in [4.78, 5) is 3.84. The number of nitrogens with zero attached hydrogens (tertiary/aromatic N) is 2. The normalized spacial score (nSPS) is 10.7. The van der Waals surface area contributed by atoms with Crippen molar-refractivity contribution in [2.45, 2.75) is 4.90 Å². The third-order valence-corrected chi connectivity index (χ3v) is 3.27. The molecule has 0 aliphatic rings. The molecule has 0 amide bonds. The van der Waals surface area contributed by atoms with E-state index >= 15 is 0 Å². The van der Waals surface area contributed by atoms with Crippen LogP contribution in [0.5, 0.6) is 0 Å². The zero-order valence-corrected chi connectivity index (χ0v) is 10.6. The Hall–Kier alpha value is -2.43. The number of hydrogen-bond donors (Lipinski definition) is 2. The fourth-order valence-corrected chi connectivity index (χ4v) is 2.16. The summed E-state index contributed by atoms with van der Waals surface area (Å²) < 4.78 is 22.8. The highest BCUT2D eigenvalue weighted by atomic mass is 32.2. The Bertz CT molecular complexity index is 750. The molecule has 7 heteroatoms. The third kappa shape index (κ3) is 3.07. The smallest absolute Gasteiger partial charge is 0.241 e. The summed E-state index contributed by atoms with van der Waals surface area (Å²) in [6, 6.07) is 11.4. The average molecular weight is 274 g/mol. The zero-order valence-electron chi connectivity index (χ0n) is 9.74. The van der Waals surface area contributed by atoms with Crippen molar-refractivity contribution in [1.82, 2.24) is 4.98 Å². The van der Waals surface area contributed by atoms with Crippen molar-refractivity contribution in [3.05, 3.63) is 48.2 Å². The van der Waals surface area contributed by atoms with Gasteiger partial charge in [0.05, 0.1) is 11.6 Å². The predicted octanol–water partition coefficient (Wildman–Crippen LogP) is 1.34. The van der Waals surface area contributed by atoms with Crippen molar-refractivity contribution in [2.75, 3.05) is 5.32 Å². The highest BCUT2D eigenvalue weighted by molar-refractivity contribution is 7.89. The van der Waals surface area contributed by atoms with Crippen LogP contribution in [0.4, 0.5) is 11.5 Å². The van der Waals surface area contributed by atoms with E-state index in [0.717, 1.165) is 0 Å². The van der Waals surface area contributed by atoms with Crippen molar-refractivity contribution < 1.29 is 8.42 Å². The number of hydrogen-bond acceptors (Lipinski definition) is 5. The first kappa shape index (κ1) is 13.0. The largest absolute Gasteiger partial charge is 0.339 e. The van der Waals surface area contributed by atoms with Crippen LogP contribution in [-0.2, 0) is 10.0 Å². The number of sulfonamides is 1. The molecule has 0 unspecified atom stereocenters. The number of nitrogens with two attached hydrogens (primary N) is 1. The van der Waals surface area contributed by atoms with Crippen LogP contribution in [0.3, 0.4) is 0 Å². The molecule has 1 heterocycles. The van der Waals surface area contributed by atoms with E-state index in [4.69, 9.17) is 10.4 Å². The Balaban J connectivity index is 2.42. The van der Waals surface area contributed by atoms with Crippen LogP contribution in [0.25, 0.3) is 0 Å². The van der Waals surface area contributed by atoms with Crippen LogP contribution >= 0.6 is 0 Å². The maximum absolute atomic E-state index is 11.4. The lowest BCUT2D eigenvalue weighted by Crippen LogP contribution is -2.14. The molecule has 19 heavy (non-hydrogen) atoms. The minimum atomic E-state index is -3.86. The Morgan fingerprint density at radius 1 is 1.26 bits per heavy atom. The molecule has 6 nitrogen and oxygen atoms in total. The quantitative estimate of drug-likeness (QED) is 0.877. The Labute approximate surface area is 110 Å². The Morgan fingerprint density at radius 2 is 2.05 bits per heavy atom. The van der Waals surface area contributed by atoms with Gasteiger partial charge in [0.1, 0.15) is 4.90 Å². The molecule has 1 aromatic carbocycles.